The molecule has 1 saturated carbocycles. The number of hydrogen-bond donors (Lipinski definition) is 3. The maximum Gasteiger partial charge on any atom is 0.234 e. The Morgan fingerprint density at radius 3 is 2.85 bits per heavy atom. The highest BCUT2D eigenvalue weighted by atomic mass is 16.3. The summed E-state index contributed by atoms with van der Waals surface area (Å²) >= 11 is 0. The molecule has 0 bridgehead atoms. The quantitative estimate of drug-likeness (QED) is 0.507. The van der Waals surface area contributed by atoms with Crippen LogP contribution >= 0.6 is 0 Å². The molecule has 74 valence electrons. The van der Waals surface area contributed by atoms with Crippen LogP contribution in [0.15, 0.2) is 0 Å². The second-order valence-corrected chi connectivity index (χ2v) is 4.19. The largest absolute Gasteiger partial charge is 0.393 e. The zero-order chi connectivity index (χ0) is 9.42. The molecule has 4 atom stereocenters. The molecule has 0 aromatic heterocycles. The van der Waals surface area contributed by atoms with Crippen LogP contribution in [0.4, 0.5) is 0 Å². The minimum Gasteiger partial charge on any atom is -0.393 e. The average Bonchev–Trinajstić information content (AvgIpc) is 2.46. The first kappa shape index (κ1) is 8.97. The van der Waals surface area contributed by atoms with Gasteiger partial charge in [-0.15, -0.1) is 0 Å². The molecule has 1 aliphatic heterocycles. The lowest BCUT2D eigenvalue weighted by molar-refractivity contribution is -0.119. The van der Waals surface area contributed by atoms with Crippen LogP contribution in [0, 0.1) is 5.92 Å². The normalized spacial score (nSPS) is 44.4. The van der Waals surface area contributed by atoms with Crippen LogP contribution < -0.4 is 11.1 Å². The topological polar surface area (TPSA) is 75.4 Å². The number of aliphatic hydroxyl groups is 1. The van der Waals surface area contributed by atoms with E-state index in [1.807, 2.05) is 0 Å². The molecule has 0 radical (unpaired) electrons. The fraction of sp³-hybridized carbons (Fsp3) is 0.889. The number of fused-ring (bicyclic) bond motifs is 1. The minimum absolute atomic E-state index is 0.166. The Kier molecular flexibility index (Phi) is 2.26. The van der Waals surface area contributed by atoms with Gasteiger partial charge < -0.3 is 16.2 Å². The number of amides is 1. The third-order valence-electron chi connectivity index (χ3n) is 3.26. The molecule has 2 rings (SSSR count). The van der Waals surface area contributed by atoms with Gasteiger partial charge in [-0.2, -0.15) is 0 Å². The summed E-state index contributed by atoms with van der Waals surface area (Å²) in [4.78, 5) is 10.9. The van der Waals surface area contributed by atoms with Crippen molar-refractivity contribution < 1.29 is 9.90 Å². The van der Waals surface area contributed by atoms with Gasteiger partial charge in [-0.3, -0.25) is 4.79 Å². The smallest absolute Gasteiger partial charge is 0.234 e. The number of nitrogens with one attached hydrogen (secondary N) is 1. The first-order chi connectivity index (χ1) is 6.16. The minimum atomic E-state index is -0.260. The van der Waals surface area contributed by atoms with Crippen molar-refractivity contribution in [2.75, 3.05) is 0 Å². The Labute approximate surface area is 77.5 Å². The zero-order valence-electron chi connectivity index (χ0n) is 7.57. The number of rotatable bonds is 1. The summed E-state index contributed by atoms with van der Waals surface area (Å²) in [6.07, 6.45) is 3.32. The van der Waals surface area contributed by atoms with E-state index in [0.29, 0.717) is 12.0 Å². The first-order valence-electron chi connectivity index (χ1n) is 4.90. The fourth-order valence-electron chi connectivity index (χ4n) is 2.52. The lowest BCUT2D eigenvalue weighted by Crippen LogP contribution is -2.42. The van der Waals surface area contributed by atoms with Crippen molar-refractivity contribution in [3.8, 4) is 0 Å². The molecule has 1 amide bonds. The van der Waals surface area contributed by atoms with E-state index in [1.54, 1.807) is 0 Å². The van der Waals surface area contributed by atoms with Crippen LogP contribution in [-0.4, -0.2) is 29.2 Å². The molecule has 4 heteroatoms. The second kappa shape index (κ2) is 3.27. The van der Waals surface area contributed by atoms with E-state index in [9.17, 15) is 9.90 Å². The Morgan fingerprint density at radius 2 is 2.15 bits per heavy atom. The summed E-state index contributed by atoms with van der Waals surface area (Å²) < 4.78 is 0. The third-order valence-corrected chi connectivity index (χ3v) is 3.26. The van der Waals surface area contributed by atoms with Crippen molar-refractivity contribution in [2.24, 2.45) is 11.7 Å². The monoisotopic (exact) mass is 184 g/mol. The summed E-state index contributed by atoms with van der Waals surface area (Å²) in [5, 5.41) is 12.6. The highest BCUT2D eigenvalue weighted by Gasteiger charge is 2.39. The van der Waals surface area contributed by atoms with Crippen molar-refractivity contribution >= 4 is 5.91 Å². The molecule has 2 aliphatic rings. The summed E-state index contributed by atoms with van der Waals surface area (Å²) in [5.74, 6) is 0.282. The van der Waals surface area contributed by atoms with E-state index < -0.39 is 0 Å². The number of primary amides is 1. The predicted molar refractivity (Wildman–Crippen MR) is 47.9 cm³/mol. The van der Waals surface area contributed by atoms with Crippen LogP contribution in [-0.2, 0) is 4.79 Å². The molecular weight excluding hydrogens is 168 g/mol. The van der Waals surface area contributed by atoms with E-state index in [-0.39, 0.29) is 18.1 Å². The summed E-state index contributed by atoms with van der Waals surface area (Å²) in [6.45, 7) is 0. The van der Waals surface area contributed by atoms with Crippen LogP contribution in [0.2, 0.25) is 0 Å². The number of nitrogens with two attached hydrogens (primary N) is 1. The van der Waals surface area contributed by atoms with E-state index in [0.717, 1.165) is 25.7 Å². The van der Waals surface area contributed by atoms with Crippen molar-refractivity contribution in [3.05, 3.63) is 0 Å². The van der Waals surface area contributed by atoms with E-state index in [2.05, 4.69) is 5.32 Å². The average molecular weight is 184 g/mol. The van der Waals surface area contributed by atoms with E-state index in [4.69, 9.17) is 5.73 Å². The Bertz CT molecular complexity index is 220. The van der Waals surface area contributed by atoms with E-state index in [1.165, 1.54) is 0 Å². The van der Waals surface area contributed by atoms with Gasteiger partial charge in [0.25, 0.3) is 0 Å². The van der Waals surface area contributed by atoms with Crippen LogP contribution in [0.25, 0.3) is 0 Å². The first-order valence-corrected chi connectivity index (χ1v) is 4.90. The van der Waals surface area contributed by atoms with Gasteiger partial charge in [0.05, 0.1) is 12.1 Å². The zero-order valence-corrected chi connectivity index (χ0v) is 7.57. The number of aliphatic hydroxyl groups excluding tert-OH is 1. The van der Waals surface area contributed by atoms with Crippen LogP contribution in [0.5, 0.6) is 0 Å². The van der Waals surface area contributed by atoms with Gasteiger partial charge >= 0.3 is 0 Å². The maximum atomic E-state index is 10.9. The molecule has 1 saturated heterocycles. The van der Waals surface area contributed by atoms with Gasteiger partial charge in [0.2, 0.25) is 5.91 Å². The third kappa shape index (κ3) is 1.69. The lowest BCUT2D eigenvalue weighted by atomic mass is 9.83. The van der Waals surface area contributed by atoms with Crippen molar-refractivity contribution in [1.29, 1.82) is 0 Å². The molecule has 1 aliphatic carbocycles. The molecule has 13 heavy (non-hydrogen) atoms. The van der Waals surface area contributed by atoms with Gasteiger partial charge in [0.1, 0.15) is 0 Å². The fourth-order valence-corrected chi connectivity index (χ4v) is 2.52. The highest BCUT2D eigenvalue weighted by molar-refractivity contribution is 5.80. The second-order valence-electron chi connectivity index (χ2n) is 4.19. The van der Waals surface area contributed by atoms with Crippen molar-refractivity contribution in [2.45, 2.75) is 43.9 Å². The predicted octanol–water partition coefficient (Wildman–Crippen LogP) is -0.637. The standard InChI is InChI=1S/C9H16N2O2/c10-9(13)8-3-5-1-2-6(12)4-7(5)11-8/h5-8,11-12H,1-4H2,(H2,10,13)/t5-,6+,7-,8-/m0/s1. The van der Waals surface area contributed by atoms with Gasteiger partial charge in [-0.1, -0.05) is 0 Å². The van der Waals surface area contributed by atoms with Crippen LogP contribution in [0.3, 0.4) is 0 Å². The summed E-state index contributed by atoms with van der Waals surface area (Å²) in [6, 6.07) is 0.140. The van der Waals surface area contributed by atoms with E-state index >= 15 is 0 Å². The molecule has 0 aromatic carbocycles. The molecule has 1 heterocycles. The highest BCUT2D eigenvalue weighted by Crippen LogP contribution is 2.33. The van der Waals surface area contributed by atoms with Crippen molar-refractivity contribution in [3.63, 3.8) is 0 Å². The summed E-state index contributed by atoms with van der Waals surface area (Å²) in [7, 11) is 0. The van der Waals surface area contributed by atoms with Gasteiger partial charge in [0, 0.05) is 6.04 Å². The maximum absolute atomic E-state index is 10.9. The Hall–Kier alpha value is -0.610. The SMILES string of the molecule is NC(=O)[C@@H]1C[C@@H]2CC[C@@H](O)C[C@@H]2N1. The molecule has 4 N–H and O–H groups in total. The van der Waals surface area contributed by atoms with Crippen LogP contribution in [0.1, 0.15) is 25.7 Å². The Balaban J connectivity index is 1.98. The molecule has 0 aromatic rings. The number of carbonyl (C=O) groups excluding carboxylic acids is 1. The molecular formula is C9H16N2O2. The molecule has 2 fully saturated rings. The van der Waals surface area contributed by atoms with Crippen molar-refractivity contribution in [1.82, 2.24) is 5.32 Å². The van der Waals surface area contributed by atoms with Gasteiger partial charge in [0.15, 0.2) is 0 Å². The Morgan fingerprint density at radius 1 is 1.38 bits per heavy atom. The van der Waals surface area contributed by atoms with Gasteiger partial charge in [-0.25, -0.2) is 0 Å². The molecule has 0 unspecified atom stereocenters. The summed E-state index contributed by atoms with van der Waals surface area (Å²) in [5.41, 5.74) is 5.22. The number of carbonyl (C=O) groups is 1. The van der Waals surface area contributed by atoms with Gasteiger partial charge in [-0.05, 0) is 31.6 Å². The molecule has 4 nitrogen and oxygen atoms in total. The lowest BCUT2D eigenvalue weighted by Gasteiger charge is -2.28. The molecule has 0 spiro atoms. The number of hydrogen-bond acceptors (Lipinski definition) is 3.